The second-order valence-electron chi connectivity index (χ2n) is 1.81. The minimum absolute atomic E-state index is 0.332. The van der Waals surface area contributed by atoms with E-state index in [-0.39, 0.29) is 0 Å². The van der Waals surface area contributed by atoms with Gasteiger partial charge in [-0.05, 0) is 12.1 Å². The molecule has 2 aromatic heterocycles. The zero-order chi connectivity index (χ0) is 7.52. The van der Waals surface area contributed by atoms with Crippen molar-refractivity contribution in [3.8, 4) is 11.6 Å². The summed E-state index contributed by atoms with van der Waals surface area (Å²) in [6, 6.07) is 3.47. The summed E-state index contributed by atoms with van der Waals surface area (Å²) in [6.45, 7) is 0. The topological polar surface area (TPSA) is 64.7 Å². The molecule has 1 radical (unpaired) electrons. The molecule has 0 atom stereocenters. The van der Waals surface area contributed by atoms with Crippen molar-refractivity contribution in [1.29, 1.82) is 0 Å². The quantitative estimate of drug-likeness (QED) is 0.581. The van der Waals surface area contributed by atoms with Crippen LogP contribution < -0.4 is 0 Å². The van der Waals surface area contributed by atoms with E-state index >= 15 is 0 Å². The molecule has 53 valence electrons. The van der Waals surface area contributed by atoms with Gasteiger partial charge in [0.2, 0.25) is 0 Å². The molecule has 0 aliphatic carbocycles. The van der Waals surface area contributed by atoms with Gasteiger partial charge in [-0.2, -0.15) is 5.10 Å². The molecule has 0 N–H and O–H groups in total. The molecule has 5 heteroatoms. The highest BCUT2D eigenvalue weighted by atomic mass is 16.4. The van der Waals surface area contributed by atoms with Crippen LogP contribution in [0.5, 0.6) is 0 Å². The first-order valence-electron chi connectivity index (χ1n) is 2.94. The molecule has 0 saturated carbocycles. The van der Waals surface area contributed by atoms with E-state index in [1.54, 1.807) is 18.3 Å². The molecule has 0 saturated heterocycles. The van der Waals surface area contributed by atoms with Gasteiger partial charge in [0, 0.05) is 6.20 Å². The van der Waals surface area contributed by atoms with E-state index in [2.05, 4.69) is 26.8 Å². The maximum Gasteiger partial charge on any atom is 0.306 e. The summed E-state index contributed by atoms with van der Waals surface area (Å²) in [5.41, 5.74) is 0.557. The molecule has 0 aliphatic rings. The number of hydrogen-bond acceptors (Lipinski definition) is 5. The van der Waals surface area contributed by atoms with Crippen molar-refractivity contribution >= 4 is 0 Å². The largest absolute Gasteiger partial charge is 0.411 e. The van der Waals surface area contributed by atoms with E-state index in [1.807, 2.05) is 0 Å². The monoisotopic (exact) mass is 147 g/mol. The number of nitrogens with zero attached hydrogens (tertiary/aromatic N) is 4. The first-order chi connectivity index (χ1) is 5.47. The highest BCUT2D eigenvalue weighted by molar-refractivity contribution is 5.43. The fourth-order valence-electron chi connectivity index (χ4n) is 0.669. The van der Waals surface area contributed by atoms with Crippen LogP contribution in [0.4, 0.5) is 0 Å². The van der Waals surface area contributed by atoms with Crippen LogP contribution in [0.3, 0.4) is 0 Å². The maximum atomic E-state index is 4.77. The van der Waals surface area contributed by atoms with Crippen molar-refractivity contribution in [2.75, 3.05) is 0 Å². The lowest BCUT2D eigenvalue weighted by Gasteiger charge is -1.87. The Labute approximate surface area is 62.1 Å². The summed E-state index contributed by atoms with van der Waals surface area (Å²) < 4.78 is 4.77. The van der Waals surface area contributed by atoms with Crippen LogP contribution in [-0.2, 0) is 0 Å². The standard InChI is InChI=1S/C6H3N4O/c1-2-5(9-7-3-1)6-10-8-4-11-6/h1-3H. The summed E-state index contributed by atoms with van der Waals surface area (Å²) in [7, 11) is 0. The number of hydrogen-bond donors (Lipinski definition) is 0. The molecule has 2 heterocycles. The molecule has 0 spiro atoms. The van der Waals surface area contributed by atoms with Crippen LogP contribution in [-0.4, -0.2) is 20.4 Å². The summed E-state index contributed by atoms with van der Waals surface area (Å²) in [5, 5.41) is 14.4. The maximum absolute atomic E-state index is 4.77. The molecular weight excluding hydrogens is 144 g/mol. The fraction of sp³-hybridized carbons (Fsp3) is 0. The van der Waals surface area contributed by atoms with Crippen LogP contribution in [0.15, 0.2) is 22.7 Å². The van der Waals surface area contributed by atoms with Gasteiger partial charge < -0.3 is 4.42 Å². The molecule has 5 nitrogen and oxygen atoms in total. The average molecular weight is 147 g/mol. The van der Waals surface area contributed by atoms with Gasteiger partial charge >= 0.3 is 6.39 Å². The Kier molecular flexibility index (Phi) is 1.33. The molecule has 0 bridgehead atoms. The van der Waals surface area contributed by atoms with Crippen molar-refractivity contribution < 1.29 is 4.42 Å². The van der Waals surface area contributed by atoms with E-state index in [0.717, 1.165) is 0 Å². The van der Waals surface area contributed by atoms with Crippen LogP contribution in [0.25, 0.3) is 11.6 Å². The highest BCUT2D eigenvalue weighted by Gasteiger charge is 2.02. The second kappa shape index (κ2) is 2.45. The number of aromatic nitrogens is 4. The lowest BCUT2D eigenvalue weighted by Crippen LogP contribution is -1.84. The molecule has 11 heavy (non-hydrogen) atoms. The lowest BCUT2D eigenvalue weighted by molar-refractivity contribution is 0.555. The predicted octanol–water partition coefficient (Wildman–Crippen LogP) is 0.327. The van der Waals surface area contributed by atoms with Crippen molar-refractivity contribution in [2.45, 2.75) is 0 Å². The molecule has 0 unspecified atom stereocenters. The summed E-state index contributed by atoms with van der Waals surface area (Å²) in [4.78, 5) is 0. The third kappa shape index (κ3) is 1.07. The zero-order valence-corrected chi connectivity index (χ0v) is 5.43. The third-order valence-electron chi connectivity index (χ3n) is 1.12. The van der Waals surface area contributed by atoms with Crippen molar-refractivity contribution in [3.05, 3.63) is 24.7 Å². The Balaban J connectivity index is 2.46. The summed E-state index contributed by atoms with van der Waals surface area (Å²) in [6.07, 6.45) is 3.80. The van der Waals surface area contributed by atoms with Gasteiger partial charge in [-0.3, -0.25) is 0 Å². The molecule has 0 amide bonds. The minimum Gasteiger partial charge on any atom is -0.411 e. The Bertz CT molecular complexity index is 318. The highest BCUT2D eigenvalue weighted by Crippen LogP contribution is 2.09. The van der Waals surface area contributed by atoms with E-state index in [0.29, 0.717) is 11.6 Å². The van der Waals surface area contributed by atoms with E-state index in [9.17, 15) is 0 Å². The Morgan fingerprint density at radius 2 is 2.36 bits per heavy atom. The molecular formula is C6H3N4O. The Morgan fingerprint density at radius 3 is 3.00 bits per heavy atom. The minimum atomic E-state index is 0.332. The lowest BCUT2D eigenvalue weighted by atomic mass is 10.4. The van der Waals surface area contributed by atoms with Crippen molar-refractivity contribution in [1.82, 2.24) is 20.4 Å². The molecule has 0 aromatic carbocycles. The number of rotatable bonds is 1. The first-order valence-corrected chi connectivity index (χ1v) is 2.94. The van der Waals surface area contributed by atoms with Gasteiger partial charge in [0.05, 0.1) is 0 Å². The zero-order valence-electron chi connectivity index (χ0n) is 5.43. The van der Waals surface area contributed by atoms with Crippen LogP contribution in [0, 0.1) is 6.39 Å². The van der Waals surface area contributed by atoms with E-state index in [1.165, 1.54) is 0 Å². The van der Waals surface area contributed by atoms with Gasteiger partial charge in [-0.15, -0.1) is 15.3 Å². The summed E-state index contributed by atoms with van der Waals surface area (Å²) >= 11 is 0. The van der Waals surface area contributed by atoms with Gasteiger partial charge in [-0.1, -0.05) is 0 Å². The van der Waals surface area contributed by atoms with Crippen molar-refractivity contribution in [2.24, 2.45) is 0 Å². The van der Waals surface area contributed by atoms with Gasteiger partial charge in [0.1, 0.15) is 5.69 Å². The third-order valence-corrected chi connectivity index (χ3v) is 1.12. The summed E-state index contributed by atoms with van der Waals surface area (Å²) in [5.74, 6) is 0.332. The molecule has 0 fully saturated rings. The second-order valence-corrected chi connectivity index (χ2v) is 1.81. The smallest absolute Gasteiger partial charge is 0.306 e. The van der Waals surface area contributed by atoms with Gasteiger partial charge in [-0.25, -0.2) is 0 Å². The Morgan fingerprint density at radius 1 is 1.36 bits per heavy atom. The van der Waals surface area contributed by atoms with Crippen LogP contribution >= 0.6 is 0 Å². The van der Waals surface area contributed by atoms with Crippen molar-refractivity contribution in [3.63, 3.8) is 0 Å². The Hall–Kier alpha value is -1.78. The molecule has 0 aliphatic heterocycles. The van der Waals surface area contributed by atoms with Gasteiger partial charge in [0.15, 0.2) is 0 Å². The predicted molar refractivity (Wildman–Crippen MR) is 34.2 cm³/mol. The average Bonchev–Trinajstić information content (AvgIpc) is 2.58. The molecule has 2 rings (SSSR count). The normalized spacial score (nSPS) is 9.82. The van der Waals surface area contributed by atoms with Crippen LogP contribution in [0.2, 0.25) is 0 Å². The fourth-order valence-corrected chi connectivity index (χ4v) is 0.669. The first kappa shape index (κ1) is 5.96. The molecule has 2 aromatic rings. The van der Waals surface area contributed by atoms with Gasteiger partial charge in [0.25, 0.3) is 5.89 Å². The van der Waals surface area contributed by atoms with E-state index < -0.39 is 0 Å². The SMILES string of the molecule is [c]1nnc(-c2cccnn2)o1. The van der Waals surface area contributed by atoms with E-state index in [4.69, 9.17) is 4.42 Å². The van der Waals surface area contributed by atoms with Crippen LogP contribution in [0.1, 0.15) is 0 Å².